The molecule has 0 aliphatic carbocycles. The molecule has 1 aliphatic heterocycles. The Hall–Kier alpha value is -1.50. The lowest BCUT2D eigenvalue weighted by molar-refractivity contribution is 0.0980. The molecular weight excluding hydrogens is 390 g/mol. The number of aryl methyl sites for hydroxylation is 2. The zero-order valence-corrected chi connectivity index (χ0v) is 15.9. The summed E-state index contributed by atoms with van der Waals surface area (Å²) in [5.41, 5.74) is 3.27. The van der Waals surface area contributed by atoms with E-state index in [4.69, 9.17) is 0 Å². The number of carbonyl (C=O) groups excluding carboxylic acids is 1. The summed E-state index contributed by atoms with van der Waals surface area (Å²) in [4.78, 5) is 12.7. The van der Waals surface area contributed by atoms with Gasteiger partial charge in [0.2, 0.25) is 10.0 Å². The Morgan fingerprint density at radius 2 is 1.71 bits per heavy atom. The monoisotopic (exact) mass is 407 g/mol. The van der Waals surface area contributed by atoms with Gasteiger partial charge < -0.3 is 0 Å². The number of sulfonamides is 1. The van der Waals surface area contributed by atoms with E-state index >= 15 is 0 Å². The molecule has 1 aliphatic rings. The van der Waals surface area contributed by atoms with Crippen molar-refractivity contribution in [1.82, 2.24) is 4.31 Å². The predicted octanol–water partition coefficient (Wildman–Crippen LogP) is 3.84. The number of halogens is 1. The molecule has 0 aromatic heterocycles. The molecule has 0 saturated carbocycles. The Morgan fingerprint density at radius 1 is 1.04 bits per heavy atom. The predicted molar refractivity (Wildman–Crippen MR) is 96.6 cm³/mol. The van der Waals surface area contributed by atoms with Crippen LogP contribution in [0.5, 0.6) is 0 Å². The van der Waals surface area contributed by atoms with Gasteiger partial charge in [0.25, 0.3) is 0 Å². The molecule has 6 heteroatoms. The van der Waals surface area contributed by atoms with Crippen LogP contribution < -0.4 is 0 Å². The van der Waals surface area contributed by atoms with E-state index in [-0.39, 0.29) is 30.2 Å². The number of ketones is 1. The number of carbonyl (C=O) groups is 1. The van der Waals surface area contributed by atoms with E-state index in [9.17, 15) is 13.2 Å². The van der Waals surface area contributed by atoms with Gasteiger partial charge in [-0.3, -0.25) is 4.79 Å². The number of Topliss-reactive ketones (excluding diaryl/α,β-unsaturated/α-hetero) is 1. The molecule has 0 saturated heterocycles. The van der Waals surface area contributed by atoms with Crippen LogP contribution in [-0.2, 0) is 16.6 Å². The first kappa shape index (κ1) is 17.3. The maximum atomic E-state index is 13.0. The number of fused-ring (bicyclic) bond motifs is 1. The molecule has 0 spiro atoms. The summed E-state index contributed by atoms with van der Waals surface area (Å²) < 4.78 is 28.1. The Labute approximate surface area is 150 Å². The largest absolute Gasteiger partial charge is 0.294 e. The third kappa shape index (κ3) is 3.06. The van der Waals surface area contributed by atoms with E-state index in [1.165, 1.54) is 4.31 Å². The van der Waals surface area contributed by atoms with Crippen molar-refractivity contribution in [2.24, 2.45) is 0 Å². The molecule has 3 rings (SSSR count). The summed E-state index contributed by atoms with van der Waals surface area (Å²) >= 11 is 3.46. The maximum absolute atomic E-state index is 13.0. The molecular formula is C18H18BrNO3S. The standard InChI is InChI=1S/C18H18BrNO3S/c1-12-3-6-14(7-4-12)24(22,23)20-10-9-17(21)18-13(2)5-8-16(19)15(18)11-20/h3-8H,9-11H2,1-2H3. The average Bonchev–Trinajstić information content (AvgIpc) is 2.72. The minimum Gasteiger partial charge on any atom is -0.294 e. The molecule has 4 nitrogen and oxygen atoms in total. The Kier molecular flexibility index (Phi) is 4.64. The van der Waals surface area contributed by atoms with Crippen LogP contribution in [0.1, 0.15) is 33.5 Å². The first-order valence-corrected chi connectivity index (χ1v) is 9.92. The zero-order chi connectivity index (χ0) is 17.5. The smallest absolute Gasteiger partial charge is 0.243 e. The lowest BCUT2D eigenvalue weighted by atomic mass is 9.98. The lowest BCUT2D eigenvalue weighted by Gasteiger charge is -2.21. The molecule has 2 aromatic carbocycles. The summed E-state index contributed by atoms with van der Waals surface area (Å²) in [7, 11) is -3.64. The van der Waals surface area contributed by atoms with Gasteiger partial charge in [-0.1, -0.05) is 39.7 Å². The number of hydrogen-bond donors (Lipinski definition) is 0. The topological polar surface area (TPSA) is 54.5 Å². The van der Waals surface area contributed by atoms with Crippen molar-refractivity contribution in [3.63, 3.8) is 0 Å². The molecule has 0 N–H and O–H groups in total. The summed E-state index contributed by atoms with van der Waals surface area (Å²) in [6, 6.07) is 10.5. The normalized spacial score (nSPS) is 15.9. The molecule has 24 heavy (non-hydrogen) atoms. The molecule has 0 unspecified atom stereocenters. The average molecular weight is 408 g/mol. The van der Waals surface area contributed by atoms with Crippen molar-refractivity contribution in [3.05, 3.63) is 63.1 Å². The second-order valence-electron chi connectivity index (χ2n) is 6.04. The molecule has 0 fully saturated rings. The summed E-state index contributed by atoms with van der Waals surface area (Å²) in [5.74, 6) is -0.00888. The lowest BCUT2D eigenvalue weighted by Crippen LogP contribution is -2.31. The molecule has 0 radical (unpaired) electrons. The summed E-state index contributed by atoms with van der Waals surface area (Å²) in [5, 5.41) is 0. The van der Waals surface area contributed by atoms with Gasteiger partial charge in [0.05, 0.1) is 4.90 Å². The maximum Gasteiger partial charge on any atom is 0.243 e. The van der Waals surface area contributed by atoms with Gasteiger partial charge in [0.1, 0.15) is 0 Å². The van der Waals surface area contributed by atoms with E-state index in [1.807, 2.05) is 26.0 Å². The Balaban J connectivity index is 2.06. The SMILES string of the molecule is Cc1ccc(S(=O)(=O)N2CCC(=O)c3c(C)ccc(Br)c3C2)cc1. The van der Waals surface area contributed by atoms with Gasteiger partial charge in [-0.15, -0.1) is 0 Å². The van der Waals surface area contributed by atoms with Gasteiger partial charge in [-0.05, 0) is 43.2 Å². The molecule has 0 amide bonds. The number of rotatable bonds is 2. The summed E-state index contributed by atoms with van der Waals surface area (Å²) in [6.45, 7) is 4.18. The Morgan fingerprint density at radius 3 is 2.38 bits per heavy atom. The van der Waals surface area contributed by atoms with Crippen LogP contribution in [0.3, 0.4) is 0 Å². The van der Waals surface area contributed by atoms with Crippen molar-refractivity contribution in [2.45, 2.75) is 31.7 Å². The quantitative estimate of drug-likeness (QED) is 0.759. The van der Waals surface area contributed by atoms with Crippen LogP contribution in [0.2, 0.25) is 0 Å². The highest BCUT2D eigenvalue weighted by atomic mass is 79.9. The van der Waals surface area contributed by atoms with E-state index in [0.717, 1.165) is 21.2 Å². The zero-order valence-electron chi connectivity index (χ0n) is 13.5. The van der Waals surface area contributed by atoms with Gasteiger partial charge in [-0.25, -0.2) is 8.42 Å². The highest BCUT2D eigenvalue weighted by Gasteiger charge is 2.31. The van der Waals surface area contributed by atoms with Crippen LogP contribution in [0.4, 0.5) is 0 Å². The first-order chi connectivity index (χ1) is 11.3. The van der Waals surface area contributed by atoms with E-state index in [1.54, 1.807) is 24.3 Å². The van der Waals surface area contributed by atoms with Crippen LogP contribution in [0, 0.1) is 13.8 Å². The second-order valence-corrected chi connectivity index (χ2v) is 8.83. The van der Waals surface area contributed by atoms with Crippen LogP contribution in [0.15, 0.2) is 45.8 Å². The minimum atomic E-state index is -3.64. The van der Waals surface area contributed by atoms with Gasteiger partial charge in [0, 0.05) is 29.5 Å². The van der Waals surface area contributed by atoms with Crippen molar-refractivity contribution in [3.8, 4) is 0 Å². The van der Waals surface area contributed by atoms with Gasteiger partial charge in [-0.2, -0.15) is 4.31 Å². The fourth-order valence-electron chi connectivity index (χ4n) is 2.95. The van der Waals surface area contributed by atoms with Crippen molar-refractivity contribution in [2.75, 3.05) is 6.54 Å². The second kappa shape index (κ2) is 6.43. The van der Waals surface area contributed by atoms with E-state index < -0.39 is 10.0 Å². The fourth-order valence-corrected chi connectivity index (χ4v) is 4.82. The van der Waals surface area contributed by atoms with Gasteiger partial charge in [0.15, 0.2) is 5.78 Å². The highest BCUT2D eigenvalue weighted by molar-refractivity contribution is 9.10. The Bertz CT molecular complexity index is 905. The number of hydrogen-bond acceptors (Lipinski definition) is 3. The van der Waals surface area contributed by atoms with Crippen LogP contribution >= 0.6 is 15.9 Å². The van der Waals surface area contributed by atoms with Crippen LogP contribution in [-0.4, -0.2) is 25.1 Å². The third-order valence-corrected chi connectivity index (χ3v) is 6.93. The van der Waals surface area contributed by atoms with Crippen molar-refractivity contribution in [1.29, 1.82) is 0 Å². The first-order valence-electron chi connectivity index (χ1n) is 7.68. The van der Waals surface area contributed by atoms with Crippen molar-refractivity contribution < 1.29 is 13.2 Å². The minimum absolute atomic E-state index is 0.00888. The number of benzene rings is 2. The van der Waals surface area contributed by atoms with Crippen LogP contribution in [0.25, 0.3) is 0 Å². The molecule has 126 valence electrons. The van der Waals surface area contributed by atoms with E-state index in [2.05, 4.69) is 15.9 Å². The molecule has 0 bridgehead atoms. The fraction of sp³-hybridized carbons (Fsp3) is 0.278. The molecule has 2 aromatic rings. The van der Waals surface area contributed by atoms with Gasteiger partial charge >= 0.3 is 0 Å². The molecule has 0 atom stereocenters. The highest BCUT2D eigenvalue weighted by Crippen LogP contribution is 2.31. The third-order valence-electron chi connectivity index (χ3n) is 4.32. The molecule has 1 heterocycles. The van der Waals surface area contributed by atoms with Crippen molar-refractivity contribution >= 4 is 31.7 Å². The summed E-state index contributed by atoms with van der Waals surface area (Å²) in [6.07, 6.45) is 0.190. The number of nitrogens with zero attached hydrogens (tertiary/aromatic N) is 1. The van der Waals surface area contributed by atoms with E-state index in [0.29, 0.717) is 5.56 Å².